The maximum absolute atomic E-state index is 12.6. The third kappa shape index (κ3) is 4.12. The second-order valence-electron chi connectivity index (χ2n) is 5.51. The second kappa shape index (κ2) is 7.45. The fraction of sp³-hybridized carbons (Fsp3) is 0.0476. The molecular weight excluding hydrogens is 316 g/mol. The Kier molecular flexibility index (Phi) is 4.90. The number of aromatic carboxylic acids is 1. The lowest BCUT2D eigenvalue weighted by Crippen LogP contribution is -2.03. The van der Waals surface area contributed by atoms with Crippen LogP contribution in [0, 0.1) is 0 Å². The Bertz CT molecular complexity index is 883. The Morgan fingerprint density at radius 2 is 1.44 bits per heavy atom. The first-order valence-electron chi connectivity index (χ1n) is 7.78. The molecule has 1 N–H and O–H groups in total. The zero-order chi connectivity index (χ0) is 17.6. The SMILES string of the molecule is O=C(O)c1ccc(C(=O)c2cccc(OCc3ccccc3)c2)cc1. The Hall–Kier alpha value is -3.40. The van der Waals surface area contributed by atoms with Gasteiger partial charge < -0.3 is 9.84 Å². The molecule has 0 saturated carbocycles. The predicted molar refractivity (Wildman–Crippen MR) is 94.0 cm³/mol. The Labute approximate surface area is 145 Å². The summed E-state index contributed by atoms with van der Waals surface area (Å²) < 4.78 is 5.74. The maximum Gasteiger partial charge on any atom is 0.335 e. The first-order chi connectivity index (χ1) is 12.1. The van der Waals surface area contributed by atoms with Gasteiger partial charge in [-0.25, -0.2) is 4.79 Å². The van der Waals surface area contributed by atoms with Gasteiger partial charge in [0.25, 0.3) is 0 Å². The van der Waals surface area contributed by atoms with Crippen molar-refractivity contribution >= 4 is 11.8 Å². The molecule has 0 saturated heterocycles. The molecule has 0 atom stereocenters. The van der Waals surface area contributed by atoms with Crippen LogP contribution in [-0.2, 0) is 6.61 Å². The van der Waals surface area contributed by atoms with Gasteiger partial charge in [0.2, 0.25) is 0 Å². The lowest BCUT2D eigenvalue weighted by atomic mass is 10.0. The summed E-state index contributed by atoms with van der Waals surface area (Å²) in [7, 11) is 0. The van der Waals surface area contributed by atoms with E-state index in [2.05, 4.69) is 0 Å². The van der Waals surface area contributed by atoms with E-state index in [1.165, 1.54) is 24.3 Å². The molecule has 0 radical (unpaired) electrons. The molecule has 3 rings (SSSR count). The molecule has 0 aromatic heterocycles. The number of carbonyl (C=O) groups excluding carboxylic acids is 1. The largest absolute Gasteiger partial charge is 0.489 e. The first-order valence-corrected chi connectivity index (χ1v) is 7.78. The van der Waals surface area contributed by atoms with Crippen LogP contribution in [0.15, 0.2) is 78.9 Å². The fourth-order valence-corrected chi connectivity index (χ4v) is 2.40. The monoisotopic (exact) mass is 332 g/mol. The van der Waals surface area contributed by atoms with E-state index in [9.17, 15) is 9.59 Å². The van der Waals surface area contributed by atoms with E-state index in [-0.39, 0.29) is 11.3 Å². The maximum atomic E-state index is 12.6. The third-order valence-corrected chi connectivity index (χ3v) is 3.74. The topological polar surface area (TPSA) is 63.6 Å². The van der Waals surface area contributed by atoms with E-state index < -0.39 is 5.97 Å². The molecule has 3 aromatic carbocycles. The van der Waals surface area contributed by atoms with E-state index >= 15 is 0 Å². The van der Waals surface area contributed by atoms with Crippen molar-refractivity contribution in [2.24, 2.45) is 0 Å². The smallest absolute Gasteiger partial charge is 0.335 e. The van der Waals surface area contributed by atoms with Crippen LogP contribution in [0.1, 0.15) is 31.8 Å². The van der Waals surface area contributed by atoms with Crippen molar-refractivity contribution in [3.63, 3.8) is 0 Å². The normalized spacial score (nSPS) is 10.2. The van der Waals surface area contributed by atoms with E-state index in [0.717, 1.165) is 5.56 Å². The number of rotatable bonds is 6. The number of ketones is 1. The molecule has 0 heterocycles. The van der Waals surface area contributed by atoms with Crippen LogP contribution >= 0.6 is 0 Å². The summed E-state index contributed by atoms with van der Waals surface area (Å²) in [5, 5.41) is 8.92. The predicted octanol–water partition coefficient (Wildman–Crippen LogP) is 4.19. The van der Waals surface area contributed by atoms with Gasteiger partial charge in [-0.3, -0.25) is 4.79 Å². The van der Waals surface area contributed by atoms with E-state index in [1.54, 1.807) is 24.3 Å². The summed E-state index contributed by atoms with van der Waals surface area (Å²) in [6.07, 6.45) is 0. The van der Waals surface area contributed by atoms with Gasteiger partial charge in [-0.1, -0.05) is 54.6 Å². The lowest BCUT2D eigenvalue weighted by Gasteiger charge is -2.08. The summed E-state index contributed by atoms with van der Waals surface area (Å²) in [5.74, 6) is -0.589. The van der Waals surface area contributed by atoms with Gasteiger partial charge >= 0.3 is 5.97 Å². The number of hydrogen-bond acceptors (Lipinski definition) is 3. The van der Waals surface area contributed by atoms with E-state index in [1.807, 2.05) is 30.3 Å². The van der Waals surface area contributed by atoms with Crippen LogP contribution in [0.2, 0.25) is 0 Å². The molecule has 0 fully saturated rings. The summed E-state index contributed by atoms with van der Waals surface area (Å²) in [5.41, 5.74) is 2.12. The lowest BCUT2D eigenvalue weighted by molar-refractivity contribution is 0.0696. The highest BCUT2D eigenvalue weighted by atomic mass is 16.5. The standard InChI is InChI=1S/C21H16O4/c22-20(16-9-11-17(12-10-16)21(23)24)18-7-4-8-19(13-18)25-14-15-5-2-1-3-6-15/h1-13H,14H2,(H,23,24). The van der Waals surface area contributed by atoms with Gasteiger partial charge in [0.1, 0.15) is 12.4 Å². The molecule has 0 bridgehead atoms. The molecule has 0 aliphatic carbocycles. The van der Waals surface area contributed by atoms with Crippen LogP contribution in [0.5, 0.6) is 5.75 Å². The number of carboxylic acid groups (broad SMARTS) is 1. The Balaban J connectivity index is 1.74. The van der Waals surface area contributed by atoms with E-state index in [4.69, 9.17) is 9.84 Å². The summed E-state index contributed by atoms with van der Waals surface area (Å²) in [6, 6.07) is 22.6. The number of ether oxygens (including phenoxy) is 1. The van der Waals surface area contributed by atoms with Crippen LogP contribution in [0.25, 0.3) is 0 Å². The molecule has 25 heavy (non-hydrogen) atoms. The van der Waals surface area contributed by atoms with Gasteiger partial charge in [0.05, 0.1) is 5.56 Å². The van der Waals surface area contributed by atoms with Crippen molar-refractivity contribution in [3.05, 3.63) is 101 Å². The van der Waals surface area contributed by atoms with Gasteiger partial charge in [0, 0.05) is 11.1 Å². The highest BCUT2D eigenvalue weighted by molar-refractivity contribution is 6.09. The molecular formula is C21H16O4. The van der Waals surface area contributed by atoms with Gasteiger partial charge in [-0.15, -0.1) is 0 Å². The van der Waals surface area contributed by atoms with Gasteiger partial charge in [-0.2, -0.15) is 0 Å². The molecule has 4 heteroatoms. The van der Waals surface area contributed by atoms with Crippen LogP contribution in [-0.4, -0.2) is 16.9 Å². The molecule has 0 aliphatic heterocycles. The molecule has 0 unspecified atom stereocenters. The van der Waals surface area contributed by atoms with E-state index in [0.29, 0.717) is 23.5 Å². The molecule has 124 valence electrons. The summed E-state index contributed by atoms with van der Waals surface area (Å²) in [4.78, 5) is 23.4. The van der Waals surface area contributed by atoms with Crippen molar-refractivity contribution in [1.82, 2.24) is 0 Å². The molecule has 0 aliphatic rings. The molecule has 4 nitrogen and oxygen atoms in total. The van der Waals surface area contributed by atoms with Crippen molar-refractivity contribution in [1.29, 1.82) is 0 Å². The zero-order valence-corrected chi connectivity index (χ0v) is 13.4. The minimum Gasteiger partial charge on any atom is -0.489 e. The van der Waals surface area contributed by atoms with Crippen molar-refractivity contribution in [2.75, 3.05) is 0 Å². The van der Waals surface area contributed by atoms with Crippen molar-refractivity contribution in [3.8, 4) is 5.75 Å². The molecule has 0 amide bonds. The highest BCUT2D eigenvalue weighted by Crippen LogP contribution is 2.18. The van der Waals surface area contributed by atoms with Crippen LogP contribution in [0.4, 0.5) is 0 Å². The van der Waals surface area contributed by atoms with Crippen LogP contribution in [0.3, 0.4) is 0 Å². The van der Waals surface area contributed by atoms with Crippen molar-refractivity contribution in [2.45, 2.75) is 6.61 Å². The minimum atomic E-state index is -1.02. The molecule has 0 spiro atoms. The van der Waals surface area contributed by atoms with Gasteiger partial charge in [0.15, 0.2) is 5.78 Å². The number of carbonyl (C=O) groups is 2. The number of benzene rings is 3. The Morgan fingerprint density at radius 1 is 0.760 bits per heavy atom. The highest BCUT2D eigenvalue weighted by Gasteiger charge is 2.11. The van der Waals surface area contributed by atoms with Gasteiger partial charge in [-0.05, 0) is 29.8 Å². The molecule has 3 aromatic rings. The summed E-state index contributed by atoms with van der Waals surface area (Å²) >= 11 is 0. The van der Waals surface area contributed by atoms with Crippen LogP contribution < -0.4 is 4.74 Å². The average Bonchev–Trinajstić information content (AvgIpc) is 2.67. The minimum absolute atomic E-state index is 0.150. The number of hydrogen-bond donors (Lipinski definition) is 1. The zero-order valence-electron chi connectivity index (χ0n) is 13.4. The fourth-order valence-electron chi connectivity index (χ4n) is 2.40. The summed E-state index contributed by atoms with van der Waals surface area (Å²) in [6.45, 7) is 0.422. The quantitative estimate of drug-likeness (QED) is 0.687. The number of carboxylic acids is 1. The Morgan fingerprint density at radius 3 is 2.12 bits per heavy atom. The third-order valence-electron chi connectivity index (χ3n) is 3.74. The van der Waals surface area contributed by atoms with Crippen molar-refractivity contribution < 1.29 is 19.4 Å². The first kappa shape index (κ1) is 16.5. The second-order valence-corrected chi connectivity index (χ2v) is 5.51. The average molecular weight is 332 g/mol.